The van der Waals surface area contributed by atoms with Gasteiger partial charge in [-0.3, -0.25) is 4.79 Å². The maximum atomic E-state index is 11.0. The maximum absolute atomic E-state index is 11.0. The van der Waals surface area contributed by atoms with Crippen LogP contribution >= 0.6 is 11.6 Å². The molecule has 14 heavy (non-hydrogen) atoms. The van der Waals surface area contributed by atoms with Crippen molar-refractivity contribution in [2.45, 2.75) is 16.9 Å². The van der Waals surface area contributed by atoms with Crippen LogP contribution in [0.4, 0.5) is 0 Å². The molecule has 4 aliphatic rings. The second-order valence-electron chi connectivity index (χ2n) is 3.93. The zero-order valence-electron chi connectivity index (χ0n) is 7.50. The van der Waals surface area contributed by atoms with Crippen LogP contribution < -0.4 is 0 Å². The van der Waals surface area contributed by atoms with Gasteiger partial charge < -0.3 is 4.74 Å². The maximum Gasteiger partial charge on any atom is 0.149 e. The number of hydrogen-bond acceptors (Lipinski definition) is 2. The van der Waals surface area contributed by atoms with Gasteiger partial charge in [-0.05, 0) is 24.1 Å². The number of aldehydes is 1. The molecule has 72 valence electrons. The van der Waals surface area contributed by atoms with E-state index in [4.69, 9.17) is 16.3 Å². The molecule has 2 bridgehead atoms. The minimum absolute atomic E-state index is 0.502. The molecule has 0 saturated heterocycles. The molecule has 0 fully saturated rings. The van der Waals surface area contributed by atoms with Crippen LogP contribution in [0.5, 0.6) is 0 Å². The van der Waals surface area contributed by atoms with Gasteiger partial charge in [0, 0.05) is 5.57 Å². The van der Waals surface area contributed by atoms with Crippen LogP contribution in [-0.4, -0.2) is 23.4 Å². The highest BCUT2D eigenvalue weighted by molar-refractivity contribution is 6.27. The second kappa shape index (κ2) is 2.38. The lowest BCUT2D eigenvalue weighted by Crippen LogP contribution is -2.44. The summed E-state index contributed by atoms with van der Waals surface area (Å²) in [6, 6.07) is 0. The van der Waals surface area contributed by atoms with Crippen molar-refractivity contribution >= 4 is 17.9 Å². The first-order chi connectivity index (χ1) is 6.69. The fourth-order valence-electron chi connectivity index (χ4n) is 2.43. The molecule has 2 nitrogen and oxygen atoms in total. The minimum atomic E-state index is -0.571. The van der Waals surface area contributed by atoms with Gasteiger partial charge in [-0.15, -0.1) is 11.6 Å². The minimum Gasteiger partial charge on any atom is -0.358 e. The van der Waals surface area contributed by atoms with E-state index in [1.54, 1.807) is 0 Å². The Balaban J connectivity index is 2.24. The van der Waals surface area contributed by atoms with Crippen molar-refractivity contribution in [2.24, 2.45) is 0 Å². The molecule has 1 aliphatic heterocycles. The van der Waals surface area contributed by atoms with Gasteiger partial charge in [-0.1, -0.05) is 12.2 Å². The third-order valence-corrected chi connectivity index (χ3v) is 3.49. The van der Waals surface area contributed by atoms with Gasteiger partial charge in [0.1, 0.15) is 11.9 Å². The predicted octanol–water partition coefficient (Wildman–Crippen LogP) is 1.76. The first-order valence-electron chi connectivity index (χ1n) is 4.60. The summed E-state index contributed by atoms with van der Waals surface area (Å²) in [6.45, 7) is 0.567. The van der Waals surface area contributed by atoms with E-state index in [1.807, 2.05) is 24.3 Å². The topological polar surface area (TPSA) is 26.3 Å². The van der Waals surface area contributed by atoms with Crippen LogP contribution in [0.25, 0.3) is 0 Å². The number of carbonyl (C=O) groups excluding carboxylic acids is 1. The molecule has 1 spiro atoms. The summed E-state index contributed by atoms with van der Waals surface area (Å²) in [5.41, 5.74) is 1.20. The van der Waals surface area contributed by atoms with Crippen molar-refractivity contribution < 1.29 is 9.53 Å². The van der Waals surface area contributed by atoms with Crippen molar-refractivity contribution in [1.29, 1.82) is 0 Å². The zero-order chi connectivity index (χ0) is 9.81. The number of alkyl halides is 1. The van der Waals surface area contributed by atoms with E-state index in [0.29, 0.717) is 12.2 Å². The molecule has 3 aliphatic carbocycles. The van der Waals surface area contributed by atoms with E-state index < -0.39 is 10.5 Å². The molecular weight excluding hydrogens is 200 g/mol. The number of rotatable bonds is 1. The highest BCUT2D eigenvalue weighted by atomic mass is 35.5. The smallest absolute Gasteiger partial charge is 0.149 e. The summed E-state index contributed by atoms with van der Waals surface area (Å²) in [7, 11) is 0. The largest absolute Gasteiger partial charge is 0.358 e. The standard InChI is InChI=1S/C11H9ClO2/c12-10-2-3-11(9(6-10)7-13)8(5-10)1-4-14-11/h1-3,6-7H,4-5H2. The number of ether oxygens (including phenoxy) is 1. The first kappa shape index (κ1) is 8.45. The fraction of sp³-hybridized carbons (Fsp3) is 0.364. The molecule has 0 amide bonds. The highest BCUT2D eigenvalue weighted by Gasteiger charge is 2.50. The van der Waals surface area contributed by atoms with Crippen LogP contribution in [0.1, 0.15) is 6.42 Å². The molecule has 0 aromatic rings. The number of carbonyl (C=O) groups is 1. The van der Waals surface area contributed by atoms with E-state index in [-0.39, 0.29) is 0 Å². The Morgan fingerprint density at radius 1 is 1.50 bits per heavy atom. The lowest BCUT2D eigenvalue weighted by Gasteiger charge is -2.42. The van der Waals surface area contributed by atoms with Gasteiger partial charge in [0.05, 0.1) is 11.5 Å². The molecule has 0 aromatic heterocycles. The third kappa shape index (κ3) is 0.830. The van der Waals surface area contributed by atoms with Crippen molar-refractivity contribution in [2.75, 3.05) is 6.61 Å². The summed E-state index contributed by atoms with van der Waals surface area (Å²) in [5.74, 6) is 0. The van der Waals surface area contributed by atoms with E-state index in [1.165, 1.54) is 0 Å². The lowest BCUT2D eigenvalue weighted by atomic mass is 9.70. The summed E-state index contributed by atoms with van der Waals surface area (Å²) in [6.07, 6.45) is 9.26. The van der Waals surface area contributed by atoms with Crippen molar-refractivity contribution in [3.63, 3.8) is 0 Å². The summed E-state index contributed by atoms with van der Waals surface area (Å²) < 4.78 is 5.64. The van der Waals surface area contributed by atoms with Crippen LogP contribution in [-0.2, 0) is 9.53 Å². The third-order valence-electron chi connectivity index (χ3n) is 3.13. The molecule has 0 aromatic carbocycles. The number of allylic oxidation sites excluding steroid dienone is 2. The molecule has 4 rings (SSSR count). The molecule has 2 unspecified atom stereocenters. The van der Waals surface area contributed by atoms with Gasteiger partial charge in [-0.25, -0.2) is 0 Å². The summed E-state index contributed by atoms with van der Waals surface area (Å²) in [4.78, 5) is 10.5. The Morgan fingerprint density at radius 3 is 3.14 bits per heavy atom. The average Bonchev–Trinajstić information content (AvgIpc) is 2.59. The van der Waals surface area contributed by atoms with Gasteiger partial charge in [0.2, 0.25) is 0 Å². The number of hydrogen-bond donors (Lipinski definition) is 0. The predicted molar refractivity (Wildman–Crippen MR) is 53.3 cm³/mol. The van der Waals surface area contributed by atoms with Crippen LogP contribution in [0.2, 0.25) is 0 Å². The fourth-order valence-corrected chi connectivity index (χ4v) is 2.76. The Morgan fingerprint density at radius 2 is 2.36 bits per heavy atom. The Bertz CT molecular complexity index is 408. The molecule has 0 N–H and O–H groups in total. The van der Waals surface area contributed by atoms with E-state index in [0.717, 1.165) is 18.3 Å². The average molecular weight is 209 g/mol. The van der Waals surface area contributed by atoms with Gasteiger partial charge in [-0.2, -0.15) is 0 Å². The van der Waals surface area contributed by atoms with Crippen LogP contribution in [0.3, 0.4) is 0 Å². The van der Waals surface area contributed by atoms with E-state index >= 15 is 0 Å². The van der Waals surface area contributed by atoms with Gasteiger partial charge in [0.15, 0.2) is 0 Å². The Labute approximate surface area is 86.9 Å². The molecule has 1 heterocycles. The normalized spacial score (nSPS) is 43.2. The van der Waals surface area contributed by atoms with Crippen molar-refractivity contribution in [3.05, 3.63) is 35.5 Å². The molecule has 3 heteroatoms. The van der Waals surface area contributed by atoms with Crippen LogP contribution in [0, 0.1) is 0 Å². The zero-order valence-corrected chi connectivity index (χ0v) is 8.25. The highest BCUT2D eigenvalue weighted by Crippen LogP contribution is 2.51. The second-order valence-corrected chi connectivity index (χ2v) is 4.63. The number of halogens is 1. The van der Waals surface area contributed by atoms with Crippen LogP contribution in [0.15, 0.2) is 35.5 Å². The van der Waals surface area contributed by atoms with Gasteiger partial charge >= 0.3 is 0 Å². The SMILES string of the molecule is O=CC1=CC2(Cl)C=CC13OCC=C3C2. The lowest BCUT2D eigenvalue weighted by molar-refractivity contribution is -0.106. The molecular formula is C11H9ClO2. The van der Waals surface area contributed by atoms with E-state index in [9.17, 15) is 4.79 Å². The Kier molecular flexibility index (Phi) is 1.44. The van der Waals surface area contributed by atoms with Crippen molar-refractivity contribution in [1.82, 2.24) is 0 Å². The van der Waals surface area contributed by atoms with Gasteiger partial charge in [0.25, 0.3) is 0 Å². The van der Waals surface area contributed by atoms with Crippen molar-refractivity contribution in [3.8, 4) is 0 Å². The first-order valence-corrected chi connectivity index (χ1v) is 4.98. The Hall–Kier alpha value is -0.860. The summed E-state index contributed by atoms with van der Waals surface area (Å²) in [5, 5.41) is 0. The molecule has 0 saturated carbocycles. The van der Waals surface area contributed by atoms with E-state index in [2.05, 4.69) is 0 Å². The summed E-state index contributed by atoms with van der Waals surface area (Å²) >= 11 is 6.32. The monoisotopic (exact) mass is 208 g/mol. The molecule has 0 radical (unpaired) electrons. The molecule has 2 atom stereocenters. The quantitative estimate of drug-likeness (QED) is 0.373.